The topological polar surface area (TPSA) is 95.0 Å². The van der Waals surface area contributed by atoms with Gasteiger partial charge in [-0.25, -0.2) is 4.63 Å². The van der Waals surface area contributed by atoms with Gasteiger partial charge in [-0.3, -0.25) is 15.1 Å². The van der Waals surface area contributed by atoms with Crippen LogP contribution in [-0.2, 0) is 0 Å². The third kappa shape index (κ3) is 1.05. The molecule has 0 N–H and O–H groups in total. The van der Waals surface area contributed by atoms with Crippen LogP contribution in [0.25, 0.3) is 21.9 Å². The second-order valence-corrected chi connectivity index (χ2v) is 3.18. The fraction of sp³-hybridized carbons (Fsp3) is 0. The second-order valence-electron chi connectivity index (χ2n) is 3.18. The van der Waals surface area contributed by atoms with Gasteiger partial charge in [-0.15, -0.1) is 0 Å². The summed E-state index contributed by atoms with van der Waals surface area (Å²) in [5.74, 6) is 0. The SMILES string of the molecule is O=[N+]([O-])c1cc2nonc2c2ncccc12. The quantitative estimate of drug-likeness (QED) is 0.453. The highest BCUT2D eigenvalue weighted by atomic mass is 16.6. The van der Waals surface area contributed by atoms with Crippen LogP contribution in [0, 0.1) is 10.1 Å². The molecule has 2 aromatic heterocycles. The van der Waals surface area contributed by atoms with E-state index < -0.39 is 4.92 Å². The highest BCUT2D eigenvalue weighted by Gasteiger charge is 2.18. The molecule has 3 rings (SSSR count). The van der Waals surface area contributed by atoms with Crippen LogP contribution in [0.15, 0.2) is 29.0 Å². The zero-order chi connectivity index (χ0) is 11.1. The van der Waals surface area contributed by atoms with Crippen LogP contribution in [0.4, 0.5) is 5.69 Å². The van der Waals surface area contributed by atoms with Gasteiger partial charge in [0.15, 0.2) is 5.52 Å². The lowest BCUT2D eigenvalue weighted by molar-refractivity contribution is -0.383. The number of aromatic nitrogens is 3. The molecule has 0 radical (unpaired) electrons. The van der Waals surface area contributed by atoms with Gasteiger partial charge in [0, 0.05) is 12.3 Å². The van der Waals surface area contributed by atoms with E-state index in [1.165, 1.54) is 6.07 Å². The lowest BCUT2D eigenvalue weighted by Gasteiger charge is -1.97. The van der Waals surface area contributed by atoms with Crippen molar-refractivity contribution >= 4 is 27.6 Å². The number of fused-ring (bicyclic) bond motifs is 3. The van der Waals surface area contributed by atoms with Gasteiger partial charge in [-0.2, -0.15) is 0 Å². The summed E-state index contributed by atoms with van der Waals surface area (Å²) in [5, 5.41) is 18.6. The number of nitro benzene ring substituents is 1. The normalized spacial score (nSPS) is 11.0. The molecule has 0 saturated carbocycles. The van der Waals surface area contributed by atoms with Gasteiger partial charge in [0.2, 0.25) is 0 Å². The molecule has 2 heterocycles. The Bertz CT molecular complexity index is 706. The molecule has 0 spiro atoms. The number of rotatable bonds is 1. The molecule has 0 unspecified atom stereocenters. The average Bonchev–Trinajstić information content (AvgIpc) is 2.75. The summed E-state index contributed by atoms with van der Waals surface area (Å²) in [5.41, 5.74) is 1.14. The maximum absolute atomic E-state index is 10.9. The summed E-state index contributed by atoms with van der Waals surface area (Å²) in [6.45, 7) is 0. The minimum atomic E-state index is -0.474. The molecule has 1 aromatic carbocycles. The van der Waals surface area contributed by atoms with Crippen LogP contribution < -0.4 is 0 Å². The van der Waals surface area contributed by atoms with Gasteiger partial charge in [-0.05, 0) is 22.4 Å². The largest absolute Gasteiger partial charge is 0.281 e. The number of benzene rings is 1. The van der Waals surface area contributed by atoms with Gasteiger partial charge in [0.25, 0.3) is 5.69 Å². The van der Waals surface area contributed by atoms with Gasteiger partial charge in [0.1, 0.15) is 11.0 Å². The lowest BCUT2D eigenvalue weighted by atomic mass is 10.1. The lowest BCUT2D eigenvalue weighted by Crippen LogP contribution is -1.91. The Hall–Kier alpha value is -2.57. The summed E-state index contributed by atoms with van der Waals surface area (Å²) in [6, 6.07) is 4.58. The van der Waals surface area contributed by atoms with Crippen molar-refractivity contribution in [1.82, 2.24) is 15.3 Å². The van der Waals surface area contributed by atoms with E-state index in [0.29, 0.717) is 21.9 Å². The fourth-order valence-corrected chi connectivity index (χ4v) is 1.61. The van der Waals surface area contributed by atoms with Crippen molar-refractivity contribution in [2.45, 2.75) is 0 Å². The van der Waals surface area contributed by atoms with Crippen molar-refractivity contribution in [2.24, 2.45) is 0 Å². The van der Waals surface area contributed by atoms with Crippen molar-refractivity contribution in [3.05, 3.63) is 34.5 Å². The van der Waals surface area contributed by atoms with Crippen molar-refractivity contribution in [3.63, 3.8) is 0 Å². The Morgan fingerprint density at radius 3 is 3.00 bits per heavy atom. The predicted molar refractivity (Wildman–Crippen MR) is 53.8 cm³/mol. The first kappa shape index (κ1) is 8.72. The zero-order valence-corrected chi connectivity index (χ0v) is 7.82. The number of nitro groups is 1. The van der Waals surface area contributed by atoms with Crippen molar-refractivity contribution in [1.29, 1.82) is 0 Å². The molecule has 7 nitrogen and oxygen atoms in total. The summed E-state index contributed by atoms with van der Waals surface area (Å²) < 4.78 is 4.55. The van der Waals surface area contributed by atoms with Gasteiger partial charge >= 0.3 is 0 Å². The van der Waals surface area contributed by atoms with E-state index in [2.05, 4.69) is 19.9 Å². The number of pyridine rings is 1. The Morgan fingerprint density at radius 2 is 2.19 bits per heavy atom. The Kier molecular flexibility index (Phi) is 1.61. The molecule has 0 atom stereocenters. The maximum Gasteiger partial charge on any atom is 0.281 e. The fourth-order valence-electron chi connectivity index (χ4n) is 1.61. The second kappa shape index (κ2) is 2.96. The first-order chi connectivity index (χ1) is 7.77. The molecule has 78 valence electrons. The van der Waals surface area contributed by atoms with Crippen LogP contribution in [0.1, 0.15) is 0 Å². The number of nitrogens with zero attached hydrogens (tertiary/aromatic N) is 4. The van der Waals surface area contributed by atoms with Gasteiger partial charge in [0.05, 0.1) is 10.3 Å². The van der Waals surface area contributed by atoms with E-state index in [-0.39, 0.29) is 5.69 Å². The molecule has 7 heteroatoms. The summed E-state index contributed by atoms with van der Waals surface area (Å²) in [4.78, 5) is 14.5. The first-order valence-electron chi connectivity index (χ1n) is 4.42. The summed E-state index contributed by atoms with van der Waals surface area (Å²) >= 11 is 0. The molecule has 0 bridgehead atoms. The Balaban J connectivity index is 2.60. The van der Waals surface area contributed by atoms with Crippen LogP contribution >= 0.6 is 0 Å². The Morgan fingerprint density at radius 1 is 1.31 bits per heavy atom. The summed E-state index contributed by atoms with van der Waals surface area (Å²) in [6.07, 6.45) is 1.54. The molecule has 0 fully saturated rings. The van der Waals surface area contributed by atoms with E-state index in [1.54, 1.807) is 18.3 Å². The number of hydrogen-bond acceptors (Lipinski definition) is 6. The molecule has 0 aliphatic carbocycles. The number of hydrogen-bond donors (Lipinski definition) is 0. The molecule has 0 aliphatic heterocycles. The molecule has 0 amide bonds. The third-order valence-electron chi connectivity index (χ3n) is 2.29. The van der Waals surface area contributed by atoms with Crippen LogP contribution in [0.3, 0.4) is 0 Å². The Labute approximate surface area is 87.8 Å². The third-order valence-corrected chi connectivity index (χ3v) is 2.29. The van der Waals surface area contributed by atoms with Crippen LogP contribution in [0.2, 0.25) is 0 Å². The monoisotopic (exact) mass is 216 g/mol. The zero-order valence-electron chi connectivity index (χ0n) is 7.82. The molecular weight excluding hydrogens is 212 g/mol. The van der Waals surface area contributed by atoms with E-state index in [9.17, 15) is 10.1 Å². The molecule has 16 heavy (non-hydrogen) atoms. The smallest absolute Gasteiger partial charge is 0.258 e. The van der Waals surface area contributed by atoms with E-state index in [4.69, 9.17) is 0 Å². The molecule has 0 aliphatic rings. The average molecular weight is 216 g/mol. The van der Waals surface area contributed by atoms with Crippen LogP contribution in [-0.4, -0.2) is 20.2 Å². The predicted octanol–water partition coefficient (Wildman–Crippen LogP) is 1.68. The molecule has 3 aromatic rings. The van der Waals surface area contributed by atoms with Crippen molar-refractivity contribution in [3.8, 4) is 0 Å². The van der Waals surface area contributed by atoms with E-state index in [1.807, 2.05) is 0 Å². The molecule has 0 saturated heterocycles. The van der Waals surface area contributed by atoms with Crippen molar-refractivity contribution in [2.75, 3.05) is 0 Å². The standard InChI is InChI=1S/C9H4N4O3/c14-13(15)7-4-6-9(12-16-11-6)8-5(7)2-1-3-10-8/h1-4H. The maximum atomic E-state index is 10.9. The minimum absolute atomic E-state index is 0.0497. The highest BCUT2D eigenvalue weighted by molar-refractivity contribution is 6.05. The molecular formula is C9H4N4O3. The van der Waals surface area contributed by atoms with Gasteiger partial charge < -0.3 is 0 Å². The van der Waals surface area contributed by atoms with E-state index >= 15 is 0 Å². The van der Waals surface area contributed by atoms with Crippen molar-refractivity contribution < 1.29 is 9.55 Å². The van der Waals surface area contributed by atoms with Gasteiger partial charge in [-0.1, -0.05) is 0 Å². The minimum Gasteiger partial charge on any atom is -0.258 e. The van der Waals surface area contributed by atoms with Crippen LogP contribution in [0.5, 0.6) is 0 Å². The first-order valence-corrected chi connectivity index (χ1v) is 4.42. The number of non-ortho nitro benzene ring substituents is 1. The summed E-state index contributed by atoms with van der Waals surface area (Å²) in [7, 11) is 0. The van der Waals surface area contributed by atoms with E-state index in [0.717, 1.165) is 0 Å². The highest BCUT2D eigenvalue weighted by Crippen LogP contribution is 2.29.